The van der Waals surface area contributed by atoms with E-state index < -0.39 is 35.0 Å². The molecule has 0 N–H and O–H groups in total. The summed E-state index contributed by atoms with van der Waals surface area (Å²) in [7, 11) is 0. The Hall–Kier alpha value is -2.88. The van der Waals surface area contributed by atoms with Crippen LogP contribution in [0.25, 0.3) is 22.2 Å². The molecule has 0 spiro atoms. The van der Waals surface area contributed by atoms with E-state index in [9.17, 15) is 22.8 Å². The maximum atomic E-state index is 13.6. The van der Waals surface area contributed by atoms with Crippen molar-refractivity contribution in [1.29, 1.82) is 0 Å². The number of halogens is 3. The van der Waals surface area contributed by atoms with Gasteiger partial charge in [-0.25, -0.2) is 9.78 Å². The van der Waals surface area contributed by atoms with Crippen LogP contribution in [-0.4, -0.2) is 23.7 Å². The van der Waals surface area contributed by atoms with Gasteiger partial charge in [0.1, 0.15) is 11.3 Å². The third-order valence-electron chi connectivity index (χ3n) is 3.93. The molecule has 29 heavy (non-hydrogen) atoms. The molecule has 0 aliphatic carbocycles. The molecule has 154 valence electrons. The summed E-state index contributed by atoms with van der Waals surface area (Å²) >= 11 is 1.13. The van der Waals surface area contributed by atoms with Gasteiger partial charge in [0.2, 0.25) is 11.2 Å². The van der Waals surface area contributed by atoms with Gasteiger partial charge < -0.3 is 13.9 Å². The minimum atomic E-state index is -4.91. The molecule has 0 saturated heterocycles. The molecule has 2 heterocycles. The summed E-state index contributed by atoms with van der Waals surface area (Å²) < 4.78 is 56.1. The van der Waals surface area contributed by atoms with Gasteiger partial charge in [0.25, 0.3) is 0 Å². The number of esters is 1. The zero-order valence-electron chi connectivity index (χ0n) is 15.6. The van der Waals surface area contributed by atoms with Crippen LogP contribution in [0.4, 0.5) is 13.2 Å². The maximum Gasteiger partial charge on any atom is 0.450 e. The van der Waals surface area contributed by atoms with Crippen LogP contribution in [0.3, 0.4) is 0 Å². The Kier molecular flexibility index (Phi) is 5.65. The number of aryl methyl sites for hydroxylation is 1. The number of fused-ring (bicyclic) bond motifs is 1. The number of thiazole rings is 1. The van der Waals surface area contributed by atoms with Gasteiger partial charge in [0.15, 0.2) is 6.10 Å². The monoisotopic (exact) mass is 427 g/mol. The maximum absolute atomic E-state index is 13.6. The normalized spacial score (nSPS) is 12.8. The minimum Gasteiger partial charge on any atom is -0.479 e. The third-order valence-corrected chi connectivity index (χ3v) is 4.70. The first-order chi connectivity index (χ1) is 13.6. The van der Waals surface area contributed by atoms with E-state index in [1.165, 1.54) is 24.4 Å². The number of ether oxygens (including phenoxy) is 2. The van der Waals surface area contributed by atoms with Crippen molar-refractivity contribution < 1.29 is 31.9 Å². The topological polar surface area (TPSA) is 78.6 Å². The first-order valence-corrected chi connectivity index (χ1v) is 9.43. The van der Waals surface area contributed by atoms with Crippen LogP contribution in [-0.2, 0) is 15.7 Å². The summed E-state index contributed by atoms with van der Waals surface area (Å²) in [6, 6.07) is 3.80. The molecule has 3 aromatic rings. The van der Waals surface area contributed by atoms with E-state index in [0.717, 1.165) is 17.4 Å². The number of hydrogen-bond acceptors (Lipinski definition) is 7. The Morgan fingerprint density at radius 1 is 1.34 bits per heavy atom. The van der Waals surface area contributed by atoms with Crippen molar-refractivity contribution in [2.75, 3.05) is 6.61 Å². The molecule has 1 aromatic carbocycles. The van der Waals surface area contributed by atoms with Crippen molar-refractivity contribution in [1.82, 2.24) is 4.98 Å². The van der Waals surface area contributed by atoms with Gasteiger partial charge in [-0.15, -0.1) is 11.3 Å². The Morgan fingerprint density at radius 2 is 2.07 bits per heavy atom. The average molecular weight is 427 g/mol. The van der Waals surface area contributed by atoms with E-state index in [0.29, 0.717) is 5.01 Å². The van der Waals surface area contributed by atoms with Crippen molar-refractivity contribution in [2.24, 2.45) is 0 Å². The number of nitrogens with zero attached hydrogens (tertiary/aromatic N) is 1. The lowest BCUT2D eigenvalue weighted by Crippen LogP contribution is -2.26. The van der Waals surface area contributed by atoms with Gasteiger partial charge in [-0.3, -0.25) is 4.79 Å². The molecule has 10 heteroatoms. The molecule has 1 unspecified atom stereocenters. The van der Waals surface area contributed by atoms with Gasteiger partial charge in [-0.1, -0.05) is 0 Å². The minimum absolute atomic E-state index is 0.0604. The highest BCUT2D eigenvalue weighted by Gasteiger charge is 2.40. The lowest BCUT2D eigenvalue weighted by atomic mass is 10.1. The summed E-state index contributed by atoms with van der Waals surface area (Å²) in [5.41, 5.74) is -1.89. The lowest BCUT2D eigenvalue weighted by molar-refractivity contribution is -0.152. The second-order valence-corrected chi connectivity index (χ2v) is 7.12. The van der Waals surface area contributed by atoms with E-state index in [1.54, 1.807) is 13.8 Å². The van der Waals surface area contributed by atoms with Crippen molar-refractivity contribution in [3.63, 3.8) is 0 Å². The molecule has 0 bridgehead atoms. The summed E-state index contributed by atoms with van der Waals surface area (Å²) in [6.07, 6.45) is -5.89. The standard InChI is InChI=1S/C19H16F3NO5S/c1-4-26-18(25)9(2)27-11-5-6-12-14(7-11)28-17(19(20,21)22)15(16(12)24)13-8-29-10(3)23-13/h5-9H,4H2,1-3H3. The Morgan fingerprint density at radius 3 is 2.66 bits per heavy atom. The van der Waals surface area contributed by atoms with Crippen LogP contribution >= 0.6 is 11.3 Å². The lowest BCUT2D eigenvalue weighted by Gasteiger charge is -2.15. The van der Waals surface area contributed by atoms with Crippen LogP contribution in [0.2, 0.25) is 0 Å². The van der Waals surface area contributed by atoms with E-state index in [4.69, 9.17) is 13.9 Å². The molecule has 3 rings (SSSR count). The molecule has 2 aromatic heterocycles. The van der Waals surface area contributed by atoms with Gasteiger partial charge in [-0.2, -0.15) is 13.2 Å². The van der Waals surface area contributed by atoms with Gasteiger partial charge in [-0.05, 0) is 32.9 Å². The number of carbonyl (C=O) groups is 1. The van der Waals surface area contributed by atoms with Crippen LogP contribution in [0.1, 0.15) is 24.6 Å². The molecule has 0 aliphatic heterocycles. The number of benzene rings is 1. The molecule has 0 aliphatic rings. The zero-order valence-corrected chi connectivity index (χ0v) is 16.4. The smallest absolute Gasteiger partial charge is 0.450 e. The highest BCUT2D eigenvalue weighted by molar-refractivity contribution is 7.09. The largest absolute Gasteiger partial charge is 0.479 e. The molecule has 0 saturated carbocycles. The molecule has 0 amide bonds. The second-order valence-electron chi connectivity index (χ2n) is 6.05. The molecule has 6 nitrogen and oxygen atoms in total. The van der Waals surface area contributed by atoms with Gasteiger partial charge in [0, 0.05) is 11.4 Å². The number of carbonyl (C=O) groups excluding carboxylic acids is 1. The predicted octanol–water partition coefficient (Wildman–Crippen LogP) is 4.57. The van der Waals surface area contributed by atoms with E-state index >= 15 is 0 Å². The van der Waals surface area contributed by atoms with E-state index in [-0.39, 0.29) is 29.0 Å². The summed E-state index contributed by atoms with van der Waals surface area (Å²) in [5.74, 6) is -2.00. The number of alkyl halides is 3. The van der Waals surface area contributed by atoms with Crippen molar-refractivity contribution in [2.45, 2.75) is 33.1 Å². The summed E-state index contributed by atoms with van der Waals surface area (Å²) in [6.45, 7) is 4.86. The SMILES string of the molecule is CCOC(=O)C(C)Oc1ccc2c(=O)c(-c3csc(C)n3)c(C(F)(F)F)oc2c1. The molecule has 0 radical (unpaired) electrons. The van der Waals surface area contributed by atoms with Crippen LogP contribution < -0.4 is 10.2 Å². The van der Waals surface area contributed by atoms with Crippen LogP contribution in [0, 0.1) is 6.92 Å². The number of aromatic nitrogens is 1. The fourth-order valence-electron chi connectivity index (χ4n) is 2.67. The molecule has 0 fully saturated rings. The van der Waals surface area contributed by atoms with Gasteiger partial charge >= 0.3 is 12.1 Å². The first kappa shape index (κ1) is 20.8. The summed E-state index contributed by atoms with van der Waals surface area (Å²) in [5, 5.41) is 1.83. The highest BCUT2D eigenvalue weighted by atomic mass is 32.1. The van der Waals surface area contributed by atoms with Crippen molar-refractivity contribution in [3.8, 4) is 17.0 Å². The molecule has 1 atom stereocenters. The van der Waals surface area contributed by atoms with Crippen molar-refractivity contribution >= 4 is 28.3 Å². The van der Waals surface area contributed by atoms with E-state index in [1.807, 2.05) is 0 Å². The Bertz CT molecular complexity index is 1120. The van der Waals surface area contributed by atoms with Crippen molar-refractivity contribution in [3.05, 3.63) is 44.6 Å². The fourth-order valence-corrected chi connectivity index (χ4v) is 3.27. The fraction of sp³-hybridized carbons (Fsp3) is 0.316. The van der Waals surface area contributed by atoms with E-state index in [2.05, 4.69) is 4.98 Å². The van der Waals surface area contributed by atoms with Crippen LogP contribution in [0.5, 0.6) is 5.75 Å². The Labute approximate surface area is 166 Å². The number of hydrogen-bond donors (Lipinski definition) is 0. The molecular formula is C19H16F3NO5S. The Balaban J connectivity index is 2.13. The zero-order chi connectivity index (χ0) is 21.3. The summed E-state index contributed by atoms with van der Waals surface area (Å²) in [4.78, 5) is 28.5. The van der Waals surface area contributed by atoms with Crippen LogP contribution in [0.15, 0.2) is 32.8 Å². The average Bonchev–Trinajstić information content (AvgIpc) is 3.06. The number of rotatable bonds is 5. The molecular weight excluding hydrogens is 411 g/mol. The first-order valence-electron chi connectivity index (χ1n) is 8.55. The predicted molar refractivity (Wildman–Crippen MR) is 100 cm³/mol. The second kappa shape index (κ2) is 7.86. The quantitative estimate of drug-likeness (QED) is 0.555. The highest BCUT2D eigenvalue weighted by Crippen LogP contribution is 2.38. The third kappa shape index (κ3) is 4.26. The van der Waals surface area contributed by atoms with Gasteiger partial charge in [0.05, 0.1) is 28.3 Å².